The summed E-state index contributed by atoms with van der Waals surface area (Å²) >= 11 is 0. The Hall–Kier alpha value is -1.39. The molecule has 3 aliphatic rings. The molecule has 0 aromatic heterocycles. The average molecular weight is 356 g/mol. The van der Waals surface area contributed by atoms with Gasteiger partial charge in [0.15, 0.2) is 0 Å². The fourth-order valence-electron chi connectivity index (χ4n) is 5.17. The van der Waals surface area contributed by atoms with Crippen molar-refractivity contribution in [1.82, 2.24) is 15.5 Å². The van der Waals surface area contributed by atoms with Crippen molar-refractivity contribution in [1.29, 1.82) is 0 Å². The minimum atomic E-state index is -0.107. The van der Waals surface area contributed by atoms with Gasteiger partial charge in [-0.25, -0.2) is 0 Å². The Balaban J connectivity index is 1.36. The van der Waals surface area contributed by atoms with Gasteiger partial charge in [-0.05, 0) is 58.7 Å². The van der Waals surface area contributed by atoms with Crippen molar-refractivity contribution in [3.05, 3.63) is 35.9 Å². The molecule has 4 heteroatoms. The second-order valence-electron chi connectivity index (χ2n) is 9.22. The minimum Gasteiger partial charge on any atom is -0.352 e. The van der Waals surface area contributed by atoms with Crippen LogP contribution in [0.1, 0.15) is 57.1 Å². The third-order valence-corrected chi connectivity index (χ3v) is 7.15. The summed E-state index contributed by atoms with van der Waals surface area (Å²) in [4.78, 5) is 15.0. The van der Waals surface area contributed by atoms with Gasteiger partial charge in [-0.15, -0.1) is 0 Å². The predicted molar refractivity (Wildman–Crippen MR) is 105 cm³/mol. The molecular formula is C22H33N3O. The van der Waals surface area contributed by atoms with E-state index in [1.165, 1.54) is 24.8 Å². The number of hydrogen-bond acceptors (Lipinski definition) is 3. The summed E-state index contributed by atoms with van der Waals surface area (Å²) in [6.07, 6.45) is 6.95. The van der Waals surface area contributed by atoms with Crippen LogP contribution in [0.4, 0.5) is 0 Å². The Morgan fingerprint density at radius 2 is 1.85 bits per heavy atom. The van der Waals surface area contributed by atoms with Crippen molar-refractivity contribution < 1.29 is 4.79 Å². The summed E-state index contributed by atoms with van der Waals surface area (Å²) in [6, 6.07) is 11.9. The van der Waals surface area contributed by atoms with E-state index >= 15 is 0 Å². The zero-order valence-electron chi connectivity index (χ0n) is 16.4. The molecule has 3 fully saturated rings. The van der Waals surface area contributed by atoms with Crippen molar-refractivity contribution in [2.75, 3.05) is 20.6 Å². The summed E-state index contributed by atoms with van der Waals surface area (Å²) in [5.74, 6) is 0.303. The summed E-state index contributed by atoms with van der Waals surface area (Å²) < 4.78 is 0. The number of rotatable bonds is 7. The van der Waals surface area contributed by atoms with Crippen molar-refractivity contribution in [2.45, 2.75) is 63.6 Å². The molecule has 0 heterocycles. The van der Waals surface area contributed by atoms with Crippen molar-refractivity contribution in [3.63, 3.8) is 0 Å². The first-order chi connectivity index (χ1) is 12.5. The van der Waals surface area contributed by atoms with E-state index in [1.807, 2.05) is 0 Å². The lowest BCUT2D eigenvalue weighted by atomic mass is 9.49. The van der Waals surface area contributed by atoms with Crippen LogP contribution in [-0.4, -0.2) is 43.5 Å². The third-order valence-electron chi connectivity index (χ3n) is 7.15. The number of nitrogens with one attached hydrogen (secondary N) is 2. The van der Waals surface area contributed by atoms with Crippen LogP contribution in [0.5, 0.6) is 0 Å². The van der Waals surface area contributed by atoms with Gasteiger partial charge in [0.25, 0.3) is 0 Å². The SMILES string of the molecule is CC(NC1CC(NC(=O)C2(CN(C)C)CC2)C12CCC2)c1ccccc1. The van der Waals surface area contributed by atoms with Crippen LogP contribution in [0.2, 0.25) is 0 Å². The van der Waals surface area contributed by atoms with E-state index in [4.69, 9.17) is 0 Å². The van der Waals surface area contributed by atoms with Crippen LogP contribution in [0.3, 0.4) is 0 Å². The molecular weight excluding hydrogens is 322 g/mol. The molecule has 0 saturated heterocycles. The topological polar surface area (TPSA) is 44.4 Å². The molecule has 1 spiro atoms. The molecule has 26 heavy (non-hydrogen) atoms. The molecule has 142 valence electrons. The summed E-state index contributed by atoms with van der Waals surface area (Å²) in [6.45, 7) is 3.13. The summed E-state index contributed by atoms with van der Waals surface area (Å²) in [7, 11) is 4.13. The average Bonchev–Trinajstić information content (AvgIpc) is 3.32. The van der Waals surface area contributed by atoms with Gasteiger partial charge in [0.2, 0.25) is 5.91 Å². The quantitative estimate of drug-likeness (QED) is 0.790. The maximum Gasteiger partial charge on any atom is 0.227 e. The molecule has 4 nitrogen and oxygen atoms in total. The largest absolute Gasteiger partial charge is 0.352 e. The summed E-state index contributed by atoms with van der Waals surface area (Å²) in [5, 5.41) is 7.31. The molecule has 0 radical (unpaired) electrons. The van der Waals surface area contributed by atoms with Crippen LogP contribution in [0, 0.1) is 10.8 Å². The van der Waals surface area contributed by atoms with Gasteiger partial charge in [-0.1, -0.05) is 36.8 Å². The first-order valence-corrected chi connectivity index (χ1v) is 10.2. The van der Waals surface area contributed by atoms with Gasteiger partial charge in [0.1, 0.15) is 0 Å². The number of carbonyl (C=O) groups excluding carboxylic acids is 1. The third kappa shape index (κ3) is 3.07. The molecule has 1 aromatic rings. The Morgan fingerprint density at radius 3 is 2.38 bits per heavy atom. The zero-order valence-corrected chi connectivity index (χ0v) is 16.4. The first-order valence-electron chi connectivity index (χ1n) is 10.2. The van der Waals surface area contributed by atoms with Gasteiger partial charge in [-0.2, -0.15) is 0 Å². The Bertz CT molecular complexity index is 649. The lowest BCUT2D eigenvalue weighted by Crippen LogP contribution is -2.71. The van der Waals surface area contributed by atoms with E-state index < -0.39 is 0 Å². The van der Waals surface area contributed by atoms with Crippen LogP contribution < -0.4 is 10.6 Å². The second kappa shape index (κ2) is 6.65. The standard InChI is InChI=1S/C22H33N3O/c1-16(17-8-5-4-6-9-17)23-18-14-19(22(18)10-7-11-22)24-20(26)21(12-13-21)15-25(2)3/h4-6,8-9,16,18-19,23H,7,10-15H2,1-3H3,(H,24,26). The highest BCUT2D eigenvalue weighted by atomic mass is 16.2. The number of carbonyl (C=O) groups is 1. The van der Waals surface area contributed by atoms with Gasteiger partial charge in [0.05, 0.1) is 5.41 Å². The maximum atomic E-state index is 12.9. The monoisotopic (exact) mass is 355 g/mol. The molecule has 3 aliphatic carbocycles. The van der Waals surface area contributed by atoms with Crippen molar-refractivity contribution >= 4 is 5.91 Å². The molecule has 1 aromatic carbocycles. The lowest BCUT2D eigenvalue weighted by Gasteiger charge is -2.62. The number of hydrogen-bond donors (Lipinski definition) is 2. The van der Waals surface area contributed by atoms with E-state index in [-0.39, 0.29) is 5.41 Å². The number of benzene rings is 1. The van der Waals surface area contributed by atoms with Gasteiger partial charge >= 0.3 is 0 Å². The highest BCUT2D eigenvalue weighted by Gasteiger charge is 2.60. The van der Waals surface area contributed by atoms with Crippen LogP contribution in [0.15, 0.2) is 30.3 Å². The highest BCUT2D eigenvalue weighted by Crippen LogP contribution is 2.57. The lowest BCUT2D eigenvalue weighted by molar-refractivity contribution is -0.134. The van der Waals surface area contributed by atoms with Gasteiger partial charge in [-0.3, -0.25) is 4.79 Å². The van der Waals surface area contributed by atoms with Crippen LogP contribution >= 0.6 is 0 Å². The minimum absolute atomic E-state index is 0.107. The Morgan fingerprint density at radius 1 is 1.15 bits per heavy atom. The maximum absolute atomic E-state index is 12.9. The van der Waals surface area contributed by atoms with E-state index in [0.717, 1.165) is 25.8 Å². The number of nitrogens with zero attached hydrogens (tertiary/aromatic N) is 1. The van der Waals surface area contributed by atoms with Crippen molar-refractivity contribution in [2.24, 2.45) is 10.8 Å². The normalized spacial score (nSPS) is 28.9. The molecule has 2 N–H and O–H groups in total. The fraction of sp³-hybridized carbons (Fsp3) is 0.682. The molecule has 0 bridgehead atoms. The van der Waals surface area contributed by atoms with E-state index in [0.29, 0.717) is 29.4 Å². The molecule has 3 saturated carbocycles. The first kappa shape index (κ1) is 18.0. The predicted octanol–water partition coefficient (Wildman–Crippen LogP) is 3.11. The van der Waals surface area contributed by atoms with Crippen LogP contribution in [0.25, 0.3) is 0 Å². The Labute approximate surface area is 157 Å². The molecule has 3 unspecified atom stereocenters. The molecule has 4 rings (SSSR count). The molecule has 3 atom stereocenters. The van der Waals surface area contributed by atoms with Gasteiger partial charge < -0.3 is 15.5 Å². The summed E-state index contributed by atoms with van der Waals surface area (Å²) in [5.41, 5.74) is 1.54. The molecule has 1 amide bonds. The molecule has 0 aliphatic heterocycles. The second-order valence-corrected chi connectivity index (χ2v) is 9.22. The van der Waals surface area contributed by atoms with Crippen LogP contribution in [-0.2, 0) is 4.79 Å². The number of amides is 1. The fourth-order valence-corrected chi connectivity index (χ4v) is 5.17. The highest BCUT2D eigenvalue weighted by molar-refractivity contribution is 5.86. The van der Waals surface area contributed by atoms with Crippen molar-refractivity contribution in [3.8, 4) is 0 Å². The zero-order chi connectivity index (χ0) is 18.4. The smallest absolute Gasteiger partial charge is 0.227 e. The van der Waals surface area contributed by atoms with E-state index in [2.05, 4.69) is 66.9 Å². The van der Waals surface area contributed by atoms with Gasteiger partial charge in [0, 0.05) is 30.1 Å². The Kier molecular flexibility index (Phi) is 4.60. The van der Waals surface area contributed by atoms with E-state index in [9.17, 15) is 4.79 Å². The van der Waals surface area contributed by atoms with E-state index in [1.54, 1.807) is 0 Å².